The third kappa shape index (κ3) is 4.87. The predicted molar refractivity (Wildman–Crippen MR) is 210 cm³/mol. The zero-order valence-electron chi connectivity index (χ0n) is 28.9. The molecular weight excluding hydrogens is 818 g/mol. The molecule has 0 saturated carbocycles. The van der Waals surface area contributed by atoms with E-state index in [2.05, 4.69) is 163 Å². The molecule has 6 aromatic carbocycles. The van der Waals surface area contributed by atoms with Crippen LogP contribution in [0.2, 0.25) is 0 Å². The average molecular weight is 851 g/mol. The summed E-state index contributed by atoms with van der Waals surface area (Å²) in [7, 11) is 0. The number of nitrogens with zero attached hydrogens (tertiary/aromatic N) is 5. The first-order valence-corrected chi connectivity index (χ1v) is 17.4. The van der Waals surface area contributed by atoms with E-state index >= 15 is 0 Å². The summed E-state index contributed by atoms with van der Waals surface area (Å²) in [6.07, 6.45) is 1.94. The third-order valence-electron chi connectivity index (χ3n) is 10.1. The van der Waals surface area contributed by atoms with Crippen LogP contribution in [0.4, 0.5) is 0 Å². The van der Waals surface area contributed by atoms with Gasteiger partial charge >= 0.3 is 21.1 Å². The van der Waals surface area contributed by atoms with Crippen molar-refractivity contribution in [2.45, 2.75) is 26.2 Å². The van der Waals surface area contributed by atoms with Crippen LogP contribution in [-0.2, 0) is 26.5 Å². The molecule has 0 fully saturated rings. The summed E-state index contributed by atoms with van der Waals surface area (Å²) < 4.78 is 4.52. The molecule has 10 aromatic rings. The van der Waals surface area contributed by atoms with E-state index in [0.717, 1.165) is 77.9 Å². The van der Waals surface area contributed by atoms with Crippen molar-refractivity contribution < 1.29 is 21.1 Å². The SMILES string of the molecule is CC(C)(C)c1ccnc2c1c1ccccc1n2-c1[c-]c(-c2cccc3c2nc(-c2cccc4c2[n-]c2ccccc24)n3-c2ccccc2)ccc1.[Pt+2]. The number of hydrogen-bond acceptors (Lipinski definition) is 2. The zero-order valence-corrected chi connectivity index (χ0v) is 31.2. The number of benzene rings is 6. The number of pyridine rings is 1. The summed E-state index contributed by atoms with van der Waals surface area (Å²) >= 11 is 0. The van der Waals surface area contributed by atoms with Gasteiger partial charge in [0, 0.05) is 28.2 Å². The van der Waals surface area contributed by atoms with Crippen LogP contribution in [-0.4, -0.2) is 19.1 Å². The minimum absolute atomic E-state index is 0. The topological polar surface area (TPSA) is 49.7 Å². The van der Waals surface area contributed by atoms with E-state index in [1.807, 2.05) is 18.3 Å². The van der Waals surface area contributed by atoms with Gasteiger partial charge in [-0.25, -0.2) is 9.97 Å². The fourth-order valence-electron chi connectivity index (χ4n) is 7.81. The first kappa shape index (κ1) is 32.2. The molecule has 0 unspecified atom stereocenters. The molecule has 0 spiro atoms. The quantitative estimate of drug-likeness (QED) is 0.166. The number of fused-ring (bicyclic) bond motifs is 7. The molecule has 4 aromatic heterocycles. The normalized spacial score (nSPS) is 12.0. The van der Waals surface area contributed by atoms with Crippen molar-refractivity contribution in [2.24, 2.45) is 0 Å². The molecule has 6 heteroatoms. The number of hydrogen-bond donors (Lipinski definition) is 0. The summed E-state index contributed by atoms with van der Waals surface area (Å²) in [5, 5.41) is 4.67. The van der Waals surface area contributed by atoms with Crippen LogP contribution >= 0.6 is 0 Å². The molecular formula is C46H33N5Pt. The van der Waals surface area contributed by atoms with E-state index in [1.54, 1.807) is 0 Å². The standard InChI is InChI=1S/C46H33N5.Pt/c1-46(2,3)37-26-27-47-45-41(37)35-19-8-10-24-39(35)51(45)31-17-11-14-29(28-31)32-20-13-25-40-43(32)49-44(50(40)30-15-5-4-6-16-30)36-22-12-21-34-33-18-7-9-23-38(33)48-42(34)36;/h4-27H,1-3H3;/q-2;+2. The van der Waals surface area contributed by atoms with Gasteiger partial charge in [0.1, 0.15) is 11.5 Å². The molecule has 0 saturated heterocycles. The smallest absolute Gasteiger partial charge is 0.656 e. The molecule has 10 rings (SSSR count). The summed E-state index contributed by atoms with van der Waals surface area (Å²) in [6, 6.07) is 52.6. The van der Waals surface area contributed by atoms with Crippen molar-refractivity contribution in [1.82, 2.24) is 24.1 Å². The van der Waals surface area contributed by atoms with Gasteiger partial charge in [0.25, 0.3) is 0 Å². The summed E-state index contributed by atoms with van der Waals surface area (Å²) in [4.78, 5) is 15.6. The first-order chi connectivity index (χ1) is 25.0. The Hall–Kier alpha value is -5.77. The van der Waals surface area contributed by atoms with Crippen molar-refractivity contribution in [3.63, 3.8) is 0 Å². The van der Waals surface area contributed by atoms with Gasteiger partial charge in [-0.15, -0.1) is 40.9 Å². The van der Waals surface area contributed by atoms with Crippen LogP contribution in [0.1, 0.15) is 26.3 Å². The number of imidazole rings is 1. The Balaban J connectivity index is 0.00000360. The Bertz CT molecular complexity index is 2960. The Kier molecular flexibility index (Phi) is 7.53. The second-order valence-electron chi connectivity index (χ2n) is 14.2. The van der Waals surface area contributed by atoms with E-state index in [9.17, 15) is 0 Å². The van der Waals surface area contributed by atoms with Crippen LogP contribution in [0.25, 0.3) is 88.7 Å². The molecule has 5 nitrogen and oxygen atoms in total. The van der Waals surface area contributed by atoms with Gasteiger partial charge in [-0.3, -0.25) is 4.57 Å². The molecule has 252 valence electrons. The maximum Gasteiger partial charge on any atom is 2.00 e. The van der Waals surface area contributed by atoms with E-state index in [4.69, 9.17) is 15.0 Å². The van der Waals surface area contributed by atoms with E-state index < -0.39 is 0 Å². The van der Waals surface area contributed by atoms with Crippen LogP contribution in [0, 0.1) is 6.07 Å². The molecule has 0 amide bonds. The van der Waals surface area contributed by atoms with E-state index in [-0.39, 0.29) is 26.5 Å². The number of rotatable bonds is 4. The van der Waals surface area contributed by atoms with Gasteiger partial charge in [-0.2, -0.15) is 0 Å². The van der Waals surface area contributed by atoms with Gasteiger partial charge < -0.3 is 9.55 Å². The van der Waals surface area contributed by atoms with Gasteiger partial charge in [-0.05, 0) is 57.8 Å². The Morgan fingerprint density at radius 1 is 0.615 bits per heavy atom. The van der Waals surface area contributed by atoms with Crippen molar-refractivity contribution >= 4 is 54.8 Å². The molecule has 52 heavy (non-hydrogen) atoms. The largest absolute Gasteiger partial charge is 2.00 e. The maximum absolute atomic E-state index is 5.47. The van der Waals surface area contributed by atoms with Crippen LogP contribution in [0.5, 0.6) is 0 Å². The van der Waals surface area contributed by atoms with Crippen LogP contribution < -0.4 is 4.98 Å². The minimum atomic E-state index is -0.0401. The third-order valence-corrected chi connectivity index (χ3v) is 10.1. The van der Waals surface area contributed by atoms with Crippen LogP contribution in [0.3, 0.4) is 0 Å². The Morgan fingerprint density at radius 3 is 2.15 bits per heavy atom. The second-order valence-corrected chi connectivity index (χ2v) is 14.2. The summed E-state index contributed by atoms with van der Waals surface area (Å²) in [5.74, 6) is 0.856. The Labute approximate surface area is 315 Å². The van der Waals surface area contributed by atoms with Crippen molar-refractivity contribution in [3.05, 3.63) is 157 Å². The molecule has 0 aliphatic carbocycles. The zero-order chi connectivity index (χ0) is 34.3. The molecule has 0 atom stereocenters. The van der Waals surface area contributed by atoms with Gasteiger partial charge in [0.2, 0.25) is 0 Å². The molecule has 0 aliphatic rings. The monoisotopic (exact) mass is 850 g/mol. The molecule has 0 radical (unpaired) electrons. The van der Waals surface area contributed by atoms with Gasteiger partial charge in [-0.1, -0.05) is 117 Å². The number of para-hydroxylation sites is 5. The van der Waals surface area contributed by atoms with E-state index in [0.29, 0.717) is 0 Å². The van der Waals surface area contributed by atoms with Gasteiger partial charge in [0.15, 0.2) is 0 Å². The fraction of sp³-hybridized carbons (Fsp3) is 0.0870. The van der Waals surface area contributed by atoms with Crippen molar-refractivity contribution in [2.75, 3.05) is 0 Å². The second kappa shape index (κ2) is 12.2. The summed E-state index contributed by atoms with van der Waals surface area (Å²) in [5.41, 5.74) is 12.1. The van der Waals surface area contributed by atoms with Crippen molar-refractivity contribution in [3.8, 4) is 33.9 Å². The first-order valence-electron chi connectivity index (χ1n) is 17.4. The van der Waals surface area contributed by atoms with Crippen molar-refractivity contribution in [1.29, 1.82) is 0 Å². The number of aromatic nitrogens is 5. The van der Waals surface area contributed by atoms with Gasteiger partial charge in [0.05, 0.1) is 16.6 Å². The minimum Gasteiger partial charge on any atom is -0.656 e. The average Bonchev–Trinajstić information content (AvgIpc) is 3.84. The molecule has 4 heterocycles. The molecule has 0 bridgehead atoms. The predicted octanol–water partition coefficient (Wildman–Crippen LogP) is 11.2. The summed E-state index contributed by atoms with van der Waals surface area (Å²) in [6.45, 7) is 6.79. The fourth-order valence-corrected chi connectivity index (χ4v) is 7.81. The maximum atomic E-state index is 5.47. The molecule has 0 N–H and O–H groups in total. The molecule has 0 aliphatic heterocycles. The van der Waals surface area contributed by atoms with Crippen LogP contribution in [0.15, 0.2) is 146 Å². The van der Waals surface area contributed by atoms with E-state index in [1.165, 1.54) is 16.3 Å². The Morgan fingerprint density at radius 2 is 1.31 bits per heavy atom.